The average molecular weight is 429 g/mol. The molecule has 3 aromatic rings. The van der Waals surface area contributed by atoms with Crippen LogP contribution >= 0.6 is 11.6 Å². The molecule has 29 heavy (non-hydrogen) atoms. The molecule has 2 N–H and O–H groups in total. The van der Waals surface area contributed by atoms with Gasteiger partial charge in [0.05, 0.1) is 10.9 Å². The van der Waals surface area contributed by atoms with Crippen molar-refractivity contribution < 1.29 is 13.2 Å². The molecule has 0 aliphatic carbocycles. The fourth-order valence-electron chi connectivity index (χ4n) is 2.90. The summed E-state index contributed by atoms with van der Waals surface area (Å²) in [6.45, 7) is 1.99. The lowest BCUT2D eigenvalue weighted by Crippen LogP contribution is -2.28. The number of nitrogens with one attached hydrogen (secondary N) is 2. The zero-order chi connectivity index (χ0) is 20.9. The Morgan fingerprint density at radius 2 is 1.66 bits per heavy atom. The number of carbonyl (C=O) groups is 1. The Labute approximate surface area is 175 Å². The van der Waals surface area contributed by atoms with Crippen LogP contribution in [0, 0.1) is 0 Å². The number of carbonyl (C=O) groups excluding carboxylic acids is 1. The number of hydrogen-bond donors (Lipinski definition) is 2. The van der Waals surface area contributed by atoms with E-state index in [4.69, 9.17) is 11.6 Å². The van der Waals surface area contributed by atoms with E-state index < -0.39 is 10.0 Å². The number of hydrogen-bond acceptors (Lipinski definition) is 3. The van der Waals surface area contributed by atoms with Crippen molar-refractivity contribution in [2.24, 2.45) is 0 Å². The van der Waals surface area contributed by atoms with E-state index in [9.17, 15) is 13.2 Å². The molecule has 0 radical (unpaired) electrons. The first kappa shape index (κ1) is 20.9. The molecule has 0 spiro atoms. The van der Waals surface area contributed by atoms with Crippen LogP contribution in [0.4, 0.5) is 5.69 Å². The maximum absolute atomic E-state index is 12.7. The minimum absolute atomic E-state index is 0.0897. The second-order valence-corrected chi connectivity index (χ2v) is 8.60. The van der Waals surface area contributed by atoms with E-state index in [1.54, 1.807) is 18.2 Å². The first-order chi connectivity index (χ1) is 13.9. The van der Waals surface area contributed by atoms with Gasteiger partial charge in [-0.3, -0.25) is 9.52 Å². The third-order valence-corrected chi connectivity index (χ3v) is 6.07. The van der Waals surface area contributed by atoms with Crippen molar-refractivity contribution in [2.75, 3.05) is 4.72 Å². The number of benzene rings is 3. The molecule has 0 aromatic heterocycles. The maximum Gasteiger partial charge on any atom is 0.261 e. The second-order valence-electron chi connectivity index (χ2n) is 6.49. The van der Waals surface area contributed by atoms with Crippen molar-refractivity contribution in [3.63, 3.8) is 0 Å². The maximum atomic E-state index is 12.7. The molecule has 1 unspecified atom stereocenters. The summed E-state index contributed by atoms with van der Waals surface area (Å²) in [6, 6.07) is 21.8. The third-order valence-electron chi connectivity index (χ3n) is 4.42. The van der Waals surface area contributed by atoms with Crippen molar-refractivity contribution in [3.05, 3.63) is 95.0 Å². The first-order valence-corrected chi connectivity index (χ1v) is 11.0. The smallest absolute Gasteiger partial charge is 0.261 e. The van der Waals surface area contributed by atoms with Gasteiger partial charge >= 0.3 is 0 Å². The predicted molar refractivity (Wildman–Crippen MR) is 116 cm³/mol. The Morgan fingerprint density at radius 3 is 2.31 bits per heavy atom. The lowest BCUT2D eigenvalue weighted by Gasteiger charge is -2.18. The van der Waals surface area contributed by atoms with Gasteiger partial charge in [0.1, 0.15) is 0 Å². The SMILES string of the molecule is CCC(NC(=O)c1cccc(NS(=O)(=O)c2ccc(Cl)cc2)c1)c1ccccc1. The molecule has 0 fully saturated rings. The van der Waals surface area contributed by atoms with Gasteiger partial charge in [0, 0.05) is 16.3 Å². The monoisotopic (exact) mass is 428 g/mol. The first-order valence-electron chi connectivity index (χ1n) is 9.13. The van der Waals surface area contributed by atoms with Crippen molar-refractivity contribution in [1.29, 1.82) is 0 Å². The van der Waals surface area contributed by atoms with Gasteiger partial charge in [-0.2, -0.15) is 0 Å². The minimum atomic E-state index is -3.78. The minimum Gasteiger partial charge on any atom is -0.345 e. The molecule has 3 rings (SSSR count). The molecule has 5 nitrogen and oxygen atoms in total. The van der Waals surface area contributed by atoms with Crippen molar-refractivity contribution in [3.8, 4) is 0 Å². The molecule has 150 valence electrons. The molecular weight excluding hydrogens is 408 g/mol. The van der Waals surface area contributed by atoms with Crippen LogP contribution in [-0.2, 0) is 10.0 Å². The molecule has 0 saturated carbocycles. The number of halogens is 1. The zero-order valence-corrected chi connectivity index (χ0v) is 17.4. The number of sulfonamides is 1. The lowest BCUT2D eigenvalue weighted by molar-refractivity contribution is 0.0935. The van der Waals surface area contributed by atoms with Gasteiger partial charge < -0.3 is 5.32 Å². The summed E-state index contributed by atoms with van der Waals surface area (Å²) in [5.74, 6) is -0.270. The van der Waals surface area contributed by atoms with E-state index >= 15 is 0 Å². The quantitative estimate of drug-likeness (QED) is 0.554. The molecule has 0 saturated heterocycles. The van der Waals surface area contributed by atoms with Gasteiger partial charge in [0.15, 0.2) is 0 Å². The lowest BCUT2D eigenvalue weighted by atomic mass is 10.0. The Morgan fingerprint density at radius 1 is 0.966 bits per heavy atom. The molecule has 1 amide bonds. The predicted octanol–water partition coefficient (Wildman–Crippen LogP) is 5.02. The Hall–Kier alpha value is -2.83. The average Bonchev–Trinajstić information content (AvgIpc) is 2.72. The van der Waals surface area contributed by atoms with Crippen LogP contribution in [0.15, 0.2) is 83.8 Å². The summed E-state index contributed by atoms with van der Waals surface area (Å²) in [4.78, 5) is 12.8. The second kappa shape index (κ2) is 9.11. The van der Waals surface area contributed by atoms with E-state index in [-0.39, 0.29) is 16.8 Å². The van der Waals surface area contributed by atoms with Crippen LogP contribution in [0.25, 0.3) is 0 Å². The van der Waals surface area contributed by atoms with E-state index in [2.05, 4.69) is 10.0 Å². The molecule has 3 aromatic carbocycles. The van der Waals surface area contributed by atoms with Crippen molar-refractivity contribution >= 4 is 33.2 Å². The summed E-state index contributed by atoms with van der Waals surface area (Å²) in [5.41, 5.74) is 1.69. The summed E-state index contributed by atoms with van der Waals surface area (Å²) in [7, 11) is -3.78. The van der Waals surface area contributed by atoms with E-state index in [1.165, 1.54) is 30.3 Å². The van der Waals surface area contributed by atoms with Crippen LogP contribution in [-0.4, -0.2) is 14.3 Å². The highest BCUT2D eigenvalue weighted by atomic mass is 35.5. The number of amides is 1. The van der Waals surface area contributed by atoms with Gasteiger partial charge in [0.2, 0.25) is 0 Å². The molecule has 0 bridgehead atoms. The normalized spacial score (nSPS) is 12.2. The summed E-state index contributed by atoms with van der Waals surface area (Å²) in [5, 5.41) is 3.45. The topological polar surface area (TPSA) is 75.3 Å². The Balaban J connectivity index is 1.76. The molecule has 0 aliphatic heterocycles. The number of rotatable bonds is 7. The largest absolute Gasteiger partial charge is 0.345 e. The fraction of sp³-hybridized carbons (Fsp3) is 0.136. The standard InChI is InChI=1S/C22H21ClN2O3S/c1-2-21(16-7-4-3-5-8-16)24-22(26)17-9-6-10-19(15-17)25-29(27,28)20-13-11-18(23)12-14-20/h3-15,21,25H,2H2,1H3,(H,24,26). The van der Waals surface area contributed by atoms with E-state index in [0.29, 0.717) is 16.3 Å². The van der Waals surface area contributed by atoms with Gasteiger partial charge in [0.25, 0.3) is 15.9 Å². The van der Waals surface area contributed by atoms with Crippen LogP contribution in [0.3, 0.4) is 0 Å². The fourth-order valence-corrected chi connectivity index (χ4v) is 4.08. The highest BCUT2D eigenvalue weighted by molar-refractivity contribution is 7.92. The highest BCUT2D eigenvalue weighted by Gasteiger charge is 2.17. The van der Waals surface area contributed by atoms with Gasteiger partial charge in [-0.25, -0.2) is 8.42 Å². The molecule has 0 aliphatic rings. The summed E-state index contributed by atoms with van der Waals surface area (Å²) < 4.78 is 27.6. The van der Waals surface area contributed by atoms with Gasteiger partial charge in [-0.15, -0.1) is 0 Å². The van der Waals surface area contributed by atoms with Crippen molar-refractivity contribution in [2.45, 2.75) is 24.3 Å². The summed E-state index contributed by atoms with van der Waals surface area (Å²) >= 11 is 5.82. The van der Waals surface area contributed by atoms with Gasteiger partial charge in [-0.05, 0) is 54.4 Å². The number of anilines is 1. The van der Waals surface area contributed by atoms with Gasteiger partial charge in [-0.1, -0.05) is 54.9 Å². The van der Waals surface area contributed by atoms with E-state index in [1.807, 2.05) is 37.3 Å². The molecule has 0 heterocycles. The van der Waals surface area contributed by atoms with Crippen LogP contribution in [0.2, 0.25) is 5.02 Å². The molecule has 7 heteroatoms. The van der Waals surface area contributed by atoms with Crippen LogP contribution < -0.4 is 10.0 Å². The third kappa shape index (κ3) is 5.37. The highest BCUT2D eigenvalue weighted by Crippen LogP contribution is 2.21. The Bertz CT molecular complexity index is 1080. The Kier molecular flexibility index (Phi) is 6.56. The zero-order valence-electron chi connectivity index (χ0n) is 15.8. The van der Waals surface area contributed by atoms with Crippen molar-refractivity contribution in [1.82, 2.24) is 5.32 Å². The molecular formula is C22H21ClN2O3S. The van der Waals surface area contributed by atoms with Crippen LogP contribution in [0.1, 0.15) is 35.3 Å². The van der Waals surface area contributed by atoms with E-state index in [0.717, 1.165) is 12.0 Å². The molecule has 1 atom stereocenters. The van der Waals surface area contributed by atoms with Crippen LogP contribution in [0.5, 0.6) is 0 Å². The summed E-state index contributed by atoms with van der Waals surface area (Å²) in [6.07, 6.45) is 0.735.